The van der Waals surface area contributed by atoms with Gasteiger partial charge in [0.2, 0.25) is 11.8 Å². The van der Waals surface area contributed by atoms with Crippen LogP contribution in [0.15, 0.2) is 42.5 Å². The second kappa shape index (κ2) is 11.3. The fourth-order valence-corrected chi connectivity index (χ4v) is 4.66. The molecular formula is C28H38N2O2. The third-order valence-electron chi connectivity index (χ3n) is 6.70. The Balaban J connectivity index is 1.82. The molecule has 4 heteroatoms. The Bertz CT molecular complexity index is 931. The number of hydrogen-bond acceptors (Lipinski definition) is 2. The van der Waals surface area contributed by atoms with Crippen LogP contribution in [0.2, 0.25) is 0 Å². The highest BCUT2D eigenvalue weighted by molar-refractivity contribution is 5.88. The zero-order valence-electron chi connectivity index (χ0n) is 20.1. The van der Waals surface area contributed by atoms with E-state index in [-0.39, 0.29) is 17.9 Å². The summed E-state index contributed by atoms with van der Waals surface area (Å²) >= 11 is 0. The van der Waals surface area contributed by atoms with Gasteiger partial charge in [-0.25, -0.2) is 0 Å². The monoisotopic (exact) mass is 434 g/mol. The molecule has 1 aliphatic carbocycles. The Morgan fingerprint density at radius 1 is 0.969 bits per heavy atom. The van der Waals surface area contributed by atoms with Crippen LogP contribution in [0, 0.1) is 20.8 Å². The van der Waals surface area contributed by atoms with E-state index >= 15 is 0 Å². The number of benzene rings is 2. The van der Waals surface area contributed by atoms with Gasteiger partial charge >= 0.3 is 0 Å². The van der Waals surface area contributed by atoms with Gasteiger partial charge < -0.3 is 10.2 Å². The fraction of sp³-hybridized carbons (Fsp3) is 0.500. The minimum absolute atomic E-state index is 0.000373. The highest BCUT2D eigenvalue weighted by Gasteiger charge is 2.30. The summed E-state index contributed by atoms with van der Waals surface area (Å²) in [5, 5.41) is 3.25. The highest BCUT2D eigenvalue weighted by atomic mass is 16.2. The molecule has 32 heavy (non-hydrogen) atoms. The van der Waals surface area contributed by atoms with Gasteiger partial charge in [0.05, 0.1) is 6.42 Å². The van der Waals surface area contributed by atoms with Gasteiger partial charge in [-0.15, -0.1) is 0 Å². The maximum absolute atomic E-state index is 13.5. The van der Waals surface area contributed by atoms with Crippen LogP contribution in [0.4, 0.5) is 0 Å². The first-order valence-corrected chi connectivity index (χ1v) is 12.1. The Morgan fingerprint density at radius 2 is 1.72 bits per heavy atom. The topological polar surface area (TPSA) is 49.4 Å². The number of nitrogens with zero attached hydrogens (tertiary/aromatic N) is 1. The first kappa shape index (κ1) is 24.0. The van der Waals surface area contributed by atoms with Crippen molar-refractivity contribution in [2.75, 3.05) is 0 Å². The van der Waals surface area contributed by atoms with E-state index in [1.807, 2.05) is 25.1 Å². The summed E-state index contributed by atoms with van der Waals surface area (Å²) in [6.07, 6.45) is 6.56. The maximum Gasteiger partial charge on any atom is 0.243 e. The van der Waals surface area contributed by atoms with Gasteiger partial charge in [0.1, 0.15) is 6.04 Å². The first-order valence-electron chi connectivity index (χ1n) is 12.1. The van der Waals surface area contributed by atoms with Crippen LogP contribution in [0.5, 0.6) is 0 Å². The number of carbonyl (C=O) groups is 2. The van der Waals surface area contributed by atoms with Gasteiger partial charge in [-0.2, -0.15) is 0 Å². The molecule has 0 heterocycles. The number of aryl methyl sites for hydroxylation is 3. The molecule has 0 aromatic heterocycles. The summed E-state index contributed by atoms with van der Waals surface area (Å²) in [7, 11) is 0. The van der Waals surface area contributed by atoms with Crippen molar-refractivity contribution in [2.24, 2.45) is 0 Å². The molecule has 172 valence electrons. The quantitative estimate of drug-likeness (QED) is 0.604. The summed E-state index contributed by atoms with van der Waals surface area (Å²) in [5.41, 5.74) is 5.61. The number of hydrogen-bond donors (Lipinski definition) is 1. The Hall–Kier alpha value is -2.62. The molecule has 0 aliphatic heterocycles. The molecule has 1 atom stereocenters. The van der Waals surface area contributed by atoms with Crippen LogP contribution in [-0.2, 0) is 22.6 Å². The molecular weight excluding hydrogens is 396 g/mol. The van der Waals surface area contributed by atoms with Gasteiger partial charge in [-0.3, -0.25) is 9.59 Å². The minimum atomic E-state index is -0.462. The van der Waals surface area contributed by atoms with Crippen LogP contribution in [0.1, 0.15) is 73.3 Å². The van der Waals surface area contributed by atoms with Gasteiger partial charge in [0, 0.05) is 12.6 Å². The molecule has 4 nitrogen and oxygen atoms in total. The lowest BCUT2D eigenvalue weighted by Gasteiger charge is -2.33. The summed E-state index contributed by atoms with van der Waals surface area (Å²) in [6, 6.07) is 14.2. The normalized spacial score (nSPS) is 15.2. The summed E-state index contributed by atoms with van der Waals surface area (Å²) in [6.45, 7) is 8.64. The molecule has 0 bridgehead atoms. The van der Waals surface area contributed by atoms with Crippen molar-refractivity contribution in [3.8, 4) is 0 Å². The van der Waals surface area contributed by atoms with E-state index in [0.717, 1.165) is 29.5 Å². The van der Waals surface area contributed by atoms with Crippen molar-refractivity contribution in [1.29, 1.82) is 0 Å². The number of nitrogens with one attached hydrogen (secondary N) is 1. The van der Waals surface area contributed by atoms with E-state index in [1.165, 1.54) is 30.4 Å². The summed E-state index contributed by atoms with van der Waals surface area (Å²) in [5.74, 6) is -0.0131. The molecule has 1 N–H and O–H groups in total. The zero-order valence-corrected chi connectivity index (χ0v) is 20.1. The lowest BCUT2D eigenvalue weighted by atomic mass is 9.95. The predicted octanol–water partition coefficient (Wildman–Crippen LogP) is 5.41. The lowest BCUT2D eigenvalue weighted by molar-refractivity contribution is -0.141. The van der Waals surface area contributed by atoms with E-state index < -0.39 is 6.04 Å². The van der Waals surface area contributed by atoms with Crippen molar-refractivity contribution in [1.82, 2.24) is 10.2 Å². The number of carbonyl (C=O) groups excluding carboxylic acids is 2. The van der Waals surface area contributed by atoms with Crippen LogP contribution in [0.25, 0.3) is 0 Å². The van der Waals surface area contributed by atoms with E-state index in [9.17, 15) is 9.59 Å². The molecule has 1 saturated carbocycles. The zero-order chi connectivity index (χ0) is 23.1. The molecule has 0 radical (unpaired) electrons. The van der Waals surface area contributed by atoms with Crippen molar-refractivity contribution in [2.45, 2.75) is 91.3 Å². The smallest absolute Gasteiger partial charge is 0.243 e. The molecule has 0 saturated heterocycles. The van der Waals surface area contributed by atoms with Gasteiger partial charge in [-0.05, 0) is 62.3 Å². The third kappa shape index (κ3) is 6.44. The van der Waals surface area contributed by atoms with Crippen LogP contribution >= 0.6 is 0 Å². The molecule has 1 aliphatic rings. The van der Waals surface area contributed by atoms with Crippen LogP contribution in [-0.4, -0.2) is 28.8 Å². The van der Waals surface area contributed by atoms with E-state index in [4.69, 9.17) is 0 Å². The molecule has 3 rings (SSSR count). The highest BCUT2D eigenvalue weighted by Crippen LogP contribution is 2.20. The summed E-state index contributed by atoms with van der Waals surface area (Å²) in [4.78, 5) is 28.6. The predicted molar refractivity (Wildman–Crippen MR) is 130 cm³/mol. The SMILES string of the molecule is CCC(C(=O)NC1CCCCC1)N(Cc1cccc(C)c1)C(=O)Cc1ccc(C)c(C)c1. The molecule has 1 unspecified atom stereocenters. The minimum Gasteiger partial charge on any atom is -0.352 e. The van der Waals surface area contributed by atoms with Crippen LogP contribution < -0.4 is 5.32 Å². The largest absolute Gasteiger partial charge is 0.352 e. The molecule has 1 fully saturated rings. The average molecular weight is 435 g/mol. The molecule has 2 aromatic carbocycles. The van der Waals surface area contributed by atoms with E-state index in [2.05, 4.69) is 50.4 Å². The van der Waals surface area contributed by atoms with Crippen molar-refractivity contribution < 1.29 is 9.59 Å². The van der Waals surface area contributed by atoms with E-state index in [0.29, 0.717) is 19.4 Å². The van der Waals surface area contributed by atoms with Gasteiger partial charge in [-0.1, -0.05) is 74.2 Å². The third-order valence-corrected chi connectivity index (χ3v) is 6.70. The summed E-state index contributed by atoms with van der Waals surface area (Å²) < 4.78 is 0. The van der Waals surface area contributed by atoms with Crippen LogP contribution in [0.3, 0.4) is 0 Å². The second-order valence-electron chi connectivity index (χ2n) is 9.37. The first-order chi connectivity index (χ1) is 15.4. The standard InChI is InChI=1S/C28H38N2O2/c1-5-26(28(32)29-25-12-7-6-8-13-25)30(19-24-11-9-10-20(2)16-24)27(31)18-23-15-14-21(3)22(4)17-23/h9-11,14-17,25-26H,5-8,12-13,18-19H2,1-4H3,(H,29,32). The second-order valence-corrected chi connectivity index (χ2v) is 9.37. The van der Waals surface area contributed by atoms with Crippen molar-refractivity contribution >= 4 is 11.8 Å². The van der Waals surface area contributed by atoms with Crippen molar-refractivity contribution in [3.63, 3.8) is 0 Å². The molecule has 2 aromatic rings. The maximum atomic E-state index is 13.5. The Labute approximate surface area is 193 Å². The van der Waals surface area contributed by atoms with Crippen molar-refractivity contribution in [3.05, 3.63) is 70.3 Å². The molecule has 2 amide bonds. The fourth-order valence-electron chi connectivity index (χ4n) is 4.66. The lowest BCUT2D eigenvalue weighted by Crippen LogP contribution is -2.52. The Kier molecular flexibility index (Phi) is 8.49. The number of amides is 2. The average Bonchev–Trinajstić information content (AvgIpc) is 2.77. The van der Waals surface area contributed by atoms with E-state index in [1.54, 1.807) is 4.90 Å². The Morgan fingerprint density at radius 3 is 2.38 bits per heavy atom. The van der Waals surface area contributed by atoms with Gasteiger partial charge in [0.25, 0.3) is 0 Å². The van der Waals surface area contributed by atoms with Gasteiger partial charge in [0.15, 0.2) is 0 Å². The number of rotatable bonds is 8. The molecule has 0 spiro atoms.